The largest absolute Gasteiger partial charge is 0.476 e. The zero-order valence-electron chi connectivity index (χ0n) is 16.8. The molecule has 2 aromatic rings. The number of hydrogen-bond acceptors (Lipinski definition) is 5. The molecule has 0 fully saturated rings. The lowest BCUT2D eigenvalue weighted by Gasteiger charge is -2.34. The number of carbonyl (C=O) groups excluding carboxylic acids is 1. The number of hydrogen-bond donors (Lipinski definition) is 1. The van der Waals surface area contributed by atoms with Crippen LogP contribution in [0, 0.1) is 13.8 Å². The van der Waals surface area contributed by atoms with Gasteiger partial charge in [0.25, 0.3) is 5.91 Å². The lowest BCUT2D eigenvalue weighted by molar-refractivity contribution is -0.127. The van der Waals surface area contributed by atoms with E-state index in [1.807, 2.05) is 19.1 Å². The molecule has 1 aliphatic heterocycles. The summed E-state index contributed by atoms with van der Waals surface area (Å²) in [6, 6.07) is 13.7. The molecule has 1 N–H and O–H groups in total. The van der Waals surface area contributed by atoms with E-state index in [1.165, 1.54) is 15.4 Å². The summed E-state index contributed by atoms with van der Waals surface area (Å²) in [6.07, 6.45) is 0.267. The molecule has 1 amide bonds. The van der Waals surface area contributed by atoms with Crippen molar-refractivity contribution >= 4 is 33.4 Å². The van der Waals surface area contributed by atoms with Gasteiger partial charge in [0, 0.05) is 18.1 Å². The number of fused-ring (bicyclic) bond motifs is 1. The summed E-state index contributed by atoms with van der Waals surface area (Å²) >= 11 is 1.74. The Hall–Kier alpha value is -2.19. The molecule has 0 aliphatic carbocycles. The summed E-state index contributed by atoms with van der Waals surface area (Å²) < 4.78 is 31.5. The number of carbonyl (C=O) groups is 1. The van der Waals surface area contributed by atoms with Crippen LogP contribution in [0.4, 0.5) is 5.69 Å². The number of sulfonamides is 1. The molecule has 0 spiro atoms. The first-order chi connectivity index (χ1) is 13.7. The smallest absolute Gasteiger partial charge is 0.263 e. The van der Waals surface area contributed by atoms with Crippen LogP contribution in [0.15, 0.2) is 42.5 Å². The van der Waals surface area contributed by atoms with Gasteiger partial charge in [0.1, 0.15) is 5.75 Å². The van der Waals surface area contributed by atoms with Crippen LogP contribution in [-0.4, -0.2) is 45.5 Å². The standard InChI is InChI=1S/C21H26N2O4S2/c1-15-5-4-6-17(11-15)14-28-10-9-22-21(24)20-13-23(29(3,25)26)18-12-16(2)7-8-19(18)27-20/h4-8,11-12,20H,9-10,13-14H2,1-3H3,(H,22,24)/t20-/m1/s1. The number of thioether (sulfide) groups is 1. The summed E-state index contributed by atoms with van der Waals surface area (Å²) in [5, 5.41) is 2.86. The molecule has 0 saturated heterocycles. The Labute approximate surface area is 176 Å². The third-order valence-corrected chi connectivity index (χ3v) is 6.75. The molecule has 0 radical (unpaired) electrons. The van der Waals surface area contributed by atoms with Crippen molar-refractivity contribution in [3.05, 3.63) is 59.2 Å². The topological polar surface area (TPSA) is 75.7 Å². The molecule has 0 saturated carbocycles. The predicted octanol–water partition coefficient (Wildman–Crippen LogP) is 2.88. The molecule has 0 bridgehead atoms. The van der Waals surface area contributed by atoms with Gasteiger partial charge in [-0.2, -0.15) is 11.8 Å². The maximum Gasteiger partial charge on any atom is 0.263 e. The lowest BCUT2D eigenvalue weighted by atomic mass is 10.1. The van der Waals surface area contributed by atoms with Gasteiger partial charge >= 0.3 is 0 Å². The van der Waals surface area contributed by atoms with Gasteiger partial charge in [0.05, 0.1) is 18.5 Å². The fourth-order valence-electron chi connectivity index (χ4n) is 3.16. The van der Waals surface area contributed by atoms with Crippen molar-refractivity contribution in [3.8, 4) is 5.75 Å². The van der Waals surface area contributed by atoms with Crippen LogP contribution in [0.3, 0.4) is 0 Å². The van der Waals surface area contributed by atoms with Crippen LogP contribution < -0.4 is 14.4 Å². The molecule has 0 aromatic heterocycles. The van der Waals surface area contributed by atoms with Crippen molar-refractivity contribution in [2.45, 2.75) is 25.7 Å². The van der Waals surface area contributed by atoms with Gasteiger partial charge < -0.3 is 10.1 Å². The molecule has 29 heavy (non-hydrogen) atoms. The quantitative estimate of drug-likeness (QED) is 0.678. The van der Waals surface area contributed by atoms with Gasteiger partial charge in [0.15, 0.2) is 6.10 Å². The maximum atomic E-state index is 12.6. The van der Waals surface area contributed by atoms with Crippen LogP contribution in [0.5, 0.6) is 5.75 Å². The van der Waals surface area contributed by atoms with Crippen LogP contribution in [0.25, 0.3) is 0 Å². The number of benzene rings is 2. The molecular weight excluding hydrogens is 408 g/mol. The number of nitrogens with zero attached hydrogens (tertiary/aromatic N) is 1. The molecule has 2 aromatic carbocycles. The lowest BCUT2D eigenvalue weighted by Crippen LogP contribution is -2.50. The van der Waals surface area contributed by atoms with Crippen molar-refractivity contribution in [3.63, 3.8) is 0 Å². The van der Waals surface area contributed by atoms with E-state index in [1.54, 1.807) is 23.9 Å². The highest BCUT2D eigenvalue weighted by Crippen LogP contribution is 2.35. The Bertz CT molecular complexity index is 992. The first-order valence-corrected chi connectivity index (χ1v) is 12.4. The number of nitrogens with one attached hydrogen (secondary N) is 1. The second-order valence-corrected chi connectivity index (χ2v) is 10.2. The Morgan fingerprint density at radius 1 is 1.21 bits per heavy atom. The number of rotatable bonds is 7. The van der Waals surface area contributed by atoms with E-state index >= 15 is 0 Å². The normalized spacial score (nSPS) is 16.1. The number of amides is 1. The van der Waals surface area contributed by atoms with E-state index in [4.69, 9.17) is 4.74 Å². The Morgan fingerprint density at radius 2 is 1.97 bits per heavy atom. The van der Waals surface area contributed by atoms with Gasteiger partial charge in [-0.05, 0) is 37.1 Å². The van der Waals surface area contributed by atoms with Crippen LogP contribution in [0.2, 0.25) is 0 Å². The van der Waals surface area contributed by atoms with Crippen LogP contribution in [0.1, 0.15) is 16.7 Å². The molecule has 156 valence electrons. The summed E-state index contributed by atoms with van der Waals surface area (Å²) in [6.45, 7) is 4.41. The molecule has 1 aliphatic rings. The SMILES string of the molecule is Cc1cccc(CSCCNC(=O)[C@H]2CN(S(C)(=O)=O)c3cc(C)ccc3O2)c1. The van der Waals surface area contributed by atoms with E-state index < -0.39 is 16.1 Å². The predicted molar refractivity (Wildman–Crippen MR) is 118 cm³/mol. The summed E-state index contributed by atoms with van der Waals surface area (Å²) in [7, 11) is -3.52. The minimum absolute atomic E-state index is 0.0302. The van der Waals surface area contributed by atoms with Gasteiger partial charge in [-0.3, -0.25) is 9.10 Å². The van der Waals surface area contributed by atoms with Gasteiger partial charge in [-0.1, -0.05) is 35.9 Å². The van der Waals surface area contributed by atoms with E-state index in [9.17, 15) is 13.2 Å². The van der Waals surface area contributed by atoms with E-state index in [2.05, 4.69) is 30.4 Å². The molecule has 0 unspecified atom stereocenters. The number of aryl methyl sites for hydroxylation is 2. The van der Waals surface area contributed by atoms with Gasteiger partial charge in [-0.15, -0.1) is 0 Å². The van der Waals surface area contributed by atoms with E-state index in [0.717, 1.165) is 23.3 Å². The molecule has 1 heterocycles. The summed E-state index contributed by atoms with van der Waals surface area (Å²) in [5.41, 5.74) is 3.89. The Kier molecular flexibility index (Phi) is 6.74. The van der Waals surface area contributed by atoms with Crippen molar-refractivity contribution in [1.82, 2.24) is 5.32 Å². The zero-order valence-corrected chi connectivity index (χ0v) is 18.5. The van der Waals surface area contributed by atoms with Crippen molar-refractivity contribution in [2.24, 2.45) is 0 Å². The highest BCUT2D eigenvalue weighted by molar-refractivity contribution is 7.98. The van der Waals surface area contributed by atoms with Crippen molar-refractivity contribution < 1.29 is 17.9 Å². The second-order valence-electron chi connectivity index (χ2n) is 7.20. The monoisotopic (exact) mass is 434 g/mol. The summed E-state index contributed by atoms with van der Waals surface area (Å²) in [4.78, 5) is 12.6. The average Bonchev–Trinajstić information content (AvgIpc) is 2.66. The minimum Gasteiger partial charge on any atom is -0.476 e. The van der Waals surface area contributed by atoms with Crippen LogP contribution in [-0.2, 0) is 20.6 Å². The minimum atomic E-state index is -3.52. The van der Waals surface area contributed by atoms with Crippen LogP contribution >= 0.6 is 11.8 Å². The Balaban J connectivity index is 1.55. The molecule has 6 nitrogen and oxygen atoms in total. The molecule has 8 heteroatoms. The third kappa shape index (κ3) is 5.67. The first-order valence-electron chi connectivity index (χ1n) is 9.40. The molecule has 1 atom stereocenters. The third-order valence-electron chi connectivity index (χ3n) is 4.57. The van der Waals surface area contributed by atoms with Crippen molar-refractivity contribution in [1.29, 1.82) is 0 Å². The van der Waals surface area contributed by atoms with E-state index in [-0.39, 0.29) is 12.5 Å². The Morgan fingerprint density at radius 3 is 2.69 bits per heavy atom. The highest BCUT2D eigenvalue weighted by atomic mass is 32.2. The molecular formula is C21H26N2O4S2. The molecule has 3 rings (SSSR count). The zero-order chi connectivity index (χ0) is 21.0. The first kappa shape index (κ1) is 21.5. The van der Waals surface area contributed by atoms with E-state index in [0.29, 0.717) is 18.0 Å². The number of ether oxygens (including phenoxy) is 1. The van der Waals surface area contributed by atoms with Crippen molar-refractivity contribution in [2.75, 3.05) is 29.4 Å². The average molecular weight is 435 g/mol. The highest BCUT2D eigenvalue weighted by Gasteiger charge is 2.34. The number of anilines is 1. The maximum absolute atomic E-state index is 12.6. The van der Waals surface area contributed by atoms with Gasteiger partial charge in [0.2, 0.25) is 10.0 Å². The fraction of sp³-hybridized carbons (Fsp3) is 0.381. The summed E-state index contributed by atoms with van der Waals surface area (Å²) in [5.74, 6) is 1.74. The second kappa shape index (κ2) is 9.09. The van der Waals surface area contributed by atoms with Gasteiger partial charge in [-0.25, -0.2) is 8.42 Å². The fourth-order valence-corrected chi connectivity index (χ4v) is 4.88.